The Hall–Kier alpha value is -2.97. The maximum absolute atomic E-state index is 12.9. The molecule has 1 fully saturated rings. The van der Waals surface area contributed by atoms with E-state index in [1.165, 1.54) is 11.1 Å². The monoisotopic (exact) mass is 425 g/mol. The molecule has 0 saturated carbocycles. The number of hydrogen-bond donors (Lipinski definition) is 2. The first-order valence-electron chi connectivity index (χ1n) is 9.95. The van der Waals surface area contributed by atoms with Crippen LogP contribution in [0.4, 0.5) is 0 Å². The highest BCUT2D eigenvalue weighted by molar-refractivity contribution is 6.33. The van der Waals surface area contributed by atoms with Gasteiger partial charge in [0.05, 0.1) is 27.2 Å². The number of carbonyl (C=O) groups is 2. The van der Waals surface area contributed by atoms with Crippen LogP contribution in [-0.2, 0) is 0 Å². The number of pyridine rings is 1. The van der Waals surface area contributed by atoms with Gasteiger partial charge in [-0.15, -0.1) is 0 Å². The van der Waals surface area contributed by atoms with Crippen molar-refractivity contribution >= 4 is 34.4 Å². The van der Waals surface area contributed by atoms with Crippen LogP contribution in [0.2, 0.25) is 5.02 Å². The lowest BCUT2D eigenvalue weighted by molar-refractivity contribution is 0.0634. The third-order valence-electron chi connectivity index (χ3n) is 6.02. The minimum atomic E-state index is -0.372. The third-order valence-corrected chi connectivity index (χ3v) is 6.34. The molecule has 2 aliphatic rings. The van der Waals surface area contributed by atoms with Crippen LogP contribution in [-0.4, -0.2) is 62.2 Å². The van der Waals surface area contributed by atoms with Gasteiger partial charge in [-0.05, 0) is 44.5 Å². The van der Waals surface area contributed by atoms with Gasteiger partial charge in [0.15, 0.2) is 0 Å². The van der Waals surface area contributed by atoms with Gasteiger partial charge >= 0.3 is 0 Å². The Morgan fingerprint density at radius 2 is 1.93 bits per heavy atom. The Morgan fingerprint density at radius 3 is 2.63 bits per heavy atom. The van der Waals surface area contributed by atoms with Crippen molar-refractivity contribution in [2.24, 2.45) is 0 Å². The molecule has 5 rings (SSSR count). The molecule has 30 heavy (non-hydrogen) atoms. The number of rotatable bonds is 4. The molecule has 8 nitrogen and oxygen atoms in total. The predicted octanol–water partition coefficient (Wildman–Crippen LogP) is 2.65. The van der Waals surface area contributed by atoms with Gasteiger partial charge in [-0.3, -0.25) is 24.2 Å². The summed E-state index contributed by atoms with van der Waals surface area (Å²) in [6.07, 6.45) is 3.76. The molecule has 154 valence electrons. The van der Waals surface area contributed by atoms with Gasteiger partial charge in [0.25, 0.3) is 17.4 Å². The zero-order valence-electron chi connectivity index (χ0n) is 16.4. The number of benzene rings is 1. The SMILES string of the molecule is C[C@H]1CCCN1CCN1C(=O)c2cc3nc(-c4c(Cl)cc[nH]c4=O)[nH]c3cc2C1=O. The van der Waals surface area contributed by atoms with E-state index in [0.717, 1.165) is 19.4 Å². The number of imide groups is 1. The molecule has 2 N–H and O–H groups in total. The highest BCUT2D eigenvalue weighted by Crippen LogP contribution is 2.30. The van der Waals surface area contributed by atoms with Crippen molar-refractivity contribution in [1.29, 1.82) is 0 Å². The van der Waals surface area contributed by atoms with Gasteiger partial charge in [-0.1, -0.05) is 11.6 Å². The van der Waals surface area contributed by atoms with Gasteiger partial charge in [0, 0.05) is 25.3 Å². The molecule has 1 saturated heterocycles. The number of nitrogens with zero attached hydrogens (tertiary/aromatic N) is 3. The van der Waals surface area contributed by atoms with Crippen LogP contribution in [0.25, 0.3) is 22.4 Å². The van der Waals surface area contributed by atoms with E-state index in [4.69, 9.17) is 11.6 Å². The van der Waals surface area contributed by atoms with Crippen molar-refractivity contribution in [2.75, 3.05) is 19.6 Å². The Morgan fingerprint density at radius 1 is 1.17 bits per heavy atom. The van der Waals surface area contributed by atoms with Crippen LogP contribution >= 0.6 is 11.6 Å². The Balaban J connectivity index is 1.46. The summed E-state index contributed by atoms with van der Waals surface area (Å²) < 4.78 is 0. The van der Waals surface area contributed by atoms with E-state index in [-0.39, 0.29) is 28.0 Å². The number of imidazole rings is 1. The third kappa shape index (κ3) is 2.95. The fourth-order valence-corrected chi connectivity index (χ4v) is 4.58. The van der Waals surface area contributed by atoms with Crippen LogP contribution in [0.3, 0.4) is 0 Å². The lowest BCUT2D eigenvalue weighted by Crippen LogP contribution is -2.39. The molecule has 4 heterocycles. The fraction of sp³-hybridized carbons (Fsp3) is 0.333. The van der Waals surface area contributed by atoms with Crippen molar-refractivity contribution in [1.82, 2.24) is 24.8 Å². The van der Waals surface area contributed by atoms with Crippen LogP contribution in [0.1, 0.15) is 40.5 Å². The smallest absolute Gasteiger partial charge is 0.261 e. The minimum Gasteiger partial charge on any atom is -0.338 e. The Kier molecular flexibility index (Phi) is 4.48. The van der Waals surface area contributed by atoms with E-state index in [0.29, 0.717) is 47.1 Å². The lowest BCUT2D eigenvalue weighted by Gasteiger charge is -2.23. The fourth-order valence-electron chi connectivity index (χ4n) is 4.34. The molecule has 0 unspecified atom stereocenters. The van der Waals surface area contributed by atoms with Crippen LogP contribution < -0.4 is 5.56 Å². The zero-order valence-corrected chi connectivity index (χ0v) is 17.1. The average Bonchev–Trinajstić information content (AvgIpc) is 3.37. The Labute approximate surface area is 176 Å². The molecule has 3 aromatic rings. The second-order valence-corrected chi connectivity index (χ2v) is 8.23. The average molecular weight is 426 g/mol. The van der Waals surface area contributed by atoms with Crippen molar-refractivity contribution < 1.29 is 9.59 Å². The number of aromatic nitrogens is 3. The number of nitrogens with one attached hydrogen (secondary N) is 2. The number of H-pyrrole nitrogens is 2. The largest absolute Gasteiger partial charge is 0.338 e. The van der Waals surface area contributed by atoms with Gasteiger partial charge < -0.3 is 9.97 Å². The first kappa shape index (κ1) is 19.0. The predicted molar refractivity (Wildman–Crippen MR) is 113 cm³/mol. The number of carbonyl (C=O) groups excluding carboxylic acids is 2. The summed E-state index contributed by atoms with van der Waals surface area (Å²) in [6.45, 7) is 4.23. The molecule has 9 heteroatoms. The summed E-state index contributed by atoms with van der Waals surface area (Å²) in [5.74, 6) is -0.306. The van der Waals surface area contributed by atoms with Gasteiger partial charge in [-0.25, -0.2) is 4.98 Å². The van der Waals surface area contributed by atoms with E-state index in [1.807, 2.05) is 0 Å². The minimum absolute atomic E-state index is 0.217. The molecule has 0 spiro atoms. The Bertz CT molecular complexity index is 1190. The molecular weight excluding hydrogens is 406 g/mol. The number of likely N-dealkylation sites (tertiary alicyclic amines) is 1. The quantitative estimate of drug-likeness (QED) is 0.625. The highest BCUT2D eigenvalue weighted by Gasteiger charge is 2.36. The molecule has 0 radical (unpaired) electrons. The van der Waals surface area contributed by atoms with Crippen molar-refractivity contribution in [2.45, 2.75) is 25.8 Å². The first-order chi connectivity index (χ1) is 14.4. The molecule has 2 aromatic heterocycles. The molecule has 2 aliphatic heterocycles. The van der Waals surface area contributed by atoms with E-state index in [2.05, 4.69) is 26.8 Å². The summed E-state index contributed by atoms with van der Waals surface area (Å²) in [6, 6.07) is 5.28. The van der Waals surface area contributed by atoms with Crippen molar-refractivity contribution in [3.05, 3.63) is 50.9 Å². The topological polar surface area (TPSA) is 102 Å². The standard InChI is InChI=1S/C21H20ClN5O3/c1-11-3-2-6-26(11)7-8-27-20(29)12-9-15-16(10-13(12)21(27)30)25-18(24-15)17-14(22)4-5-23-19(17)28/h4-5,9-11H,2-3,6-8H2,1H3,(H,23,28)(H,24,25)/t11-/m0/s1. The summed E-state index contributed by atoms with van der Waals surface area (Å²) >= 11 is 6.16. The number of amides is 2. The molecule has 0 aliphatic carbocycles. The number of aromatic amines is 2. The molecule has 1 atom stereocenters. The van der Waals surface area contributed by atoms with E-state index in [9.17, 15) is 14.4 Å². The number of fused-ring (bicyclic) bond motifs is 2. The first-order valence-corrected chi connectivity index (χ1v) is 10.3. The van der Waals surface area contributed by atoms with Crippen molar-refractivity contribution in [3.8, 4) is 11.4 Å². The summed E-state index contributed by atoms with van der Waals surface area (Å²) in [4.78, 5) is 51.6. The second kappa shape index (κ2) is 7.07. The van der Waals surface area contributed by atoms with Crippen molar-refractivity contribution in [3.63, 3.8) is 0 Å². The number of hydrogen-bond acceptors (Lipinski definition) is 5. The van der Waals surface area contributed by atoms with Gasteiger partial charge in [0.1, 0.15) is 11.4 Å². The maximum atomic E-state index is 12.9. The van der Waals surface area contributed by atoms with Crippen LogP contribution in [0, 0.1) is 0 Å². The summed E-state index contributed by atoms with van der Waals surface area (Å²) in [5, 5.41) is 0.264. The summed E-state index contributed by atoms with van der Waals surface area (Å²) in [5.41, 5.74) is 1.61. The molecule has 0 bridgehead atoms. The number of halogens is 1. The van der Waals surface area contributed by atoms with E-state index < -0.39 is 0 Å². The van der Waals surface area contributed by atoms with E-state index in [1.54, 1.807) is 18.2 Å². The summed E-state index contributed by atoms with van der Waals surface area (Å²) in [7, 11) is 0. The van der Waals surface area contributed by atoms with E-state index >= 15 is 0 Å². The molecular formula is C21H20ClN5O3. The van der Waals surface area contributed by atoms with Crippen LogP contribution in [0.15, 0.2) is 29.2 Å². The normalized spacial score (nSPS) is 19.3. The zero-order chi connectivity index (χ0) is 21.0. The maximum Gasteiger partial charge on any atom is 0.261 e. The van der Waals surface area contributed by atoms with Crippen LogP contribution in [0.5, 0.6) is 0 Å². The van der Waals surface area contributed by atoms with Gasteiger partial charge in [0.2, 0.25) is 0 Å². The highest BCUT2D eigenvalue weighted by atomic mass is 35.5. The molecule has 2 amide bonds. The molecule has 1 aromatic carbocycles. The lowest BCUT2D eigenvalue weighted by atomic mass is 10.1. The van der Waals surface area contributed by atoms with Gasteiger partial charge in [-0.2, -0.15) is 0 Å². The second-order valence-electron chi connectivity index (χ2n) is 7.82.